The first-order valence-electron chi connectivity index (χ1n) is 7.18. The quantitative estimate of drug-likeness (QED) is 0.790. The Hall–Kier alpha value is -1.69. The van der Waals surface area contributed by atoms with Crippen LogP contribution in [0.15, 0.2) is 42.7 Å². The van der Waals surface area contributed by atoms with Gasteiger partial charge in [-0.2, -0.15) is 5.10 Å². The van der Waals surface area contributed by atoms with Gasteiger partial charge in [0.15, 0.2) is 0 Å². The summed E-state index contributed by atoms with van der Waals surface area (Å²) in [7, 11) is 3.87. The van der Waals surface area contributed by atoms with E-state index in [1.54, 1.807) is 4.68 Å². The molecule has 0 aliphatic rings. The monoisotopic (exact) mass is 288 g/mol. The molecule has 2 unspecified atom stereocenters. The molecule has 1 heterocycles. The average molecular weight is 288 g/mol. The van der Waals surface area contributed by atoms with Crippen molar-refractivity contribution in [2.75, 3.05) is 13.6 Å². The number of aryl methyl sites for hydroxylation is 1. The first kappa shape index (κ1) is 15.7. The van der Waals surface area contributed by atoms with Gasteiger partial charge in [0, 0.05) is 37.9 Å². The van der Waals surface area contributed by atoms with Crippen LogP contribution in [-0.4, -0.2) is 45.5 Å². The first-order valence-corrected chi connectivity index (χ1v) is 7.18. The third-order valence-electron chi connectivity index (χ3n) is 3.52. The number of rotatable bonds is 7. The van der Waals surface area contributed by atoms with E-state index in [1.807, 2.05) is 56.8 Å². The molecule has 21 heavy (non-hydrogen) atoms. The second kappa shape index (κ2) is 7.36. The van der Waals surface area contributed by atoms with E-state index in [1.165, 1.54) is 0 Å². The Morgan fingerprint density at radius 3 is 2.62 bits per heavy atom. The third kappa shape index (κ3) is 4.97. The zero-order chi connectivity index (χ0) is 15.2. The molecule has 5 nitrogen and oxygen atoms in total. The molecule has 0 amide bonds. The van der Waals surface area contributed by atoms with E-state index in [4.69, 9.17) is 5.73 Å². The lowest BCUT2D eigenvalue weighted by atomic mass is 10.0. The van der Waals surface area contributed by atoms with Gasteiger partial charge in [-0.1, -0.05) is 30.3 Å². The lowest BCUT2D eigenvalue weighted by Gasteiger charge is -2.24. The Kier molecular flexibility index (Phi) is 5.50. The standard InChI is InChI=1S/C16H24N4O/c1-19(10-14-9-18-20(2)11-14)12-16(21)15(17)8-13-6-4-3-5-7-13/h3-7,9,11,15-16,21H,8,10,12,17H2,1-2H3. The minimum Gasteiger partial charge on any atom is -0.390 e. The lowest BCUT2D eigenvalue weighted by Crippen LogP contribution is -2.43. The number of aliphatic hydroxyl groups excluding tert-OH is 1. The van der Waals surface area contributed by atoms with Gasteiger partial charge < -0.3 is 10.8 Å². The summed E-state index contributed by atoms with van der Waals surface area (Å²) in [5.74, 6) is 0. The first-order chi connectivity index (χ1) is 10.0. The molecule has 2 rings (SSSR count). The van der Waals surface area contributed by atoms with Crippen LogP contribution in [-0.2, 0) is 20.0 Å². The predicted molar refractivity (Wildman–Crippen MR) is 83.7 cm³/mol. The molecule has 0 fully saturated rings. The molecule has 2 atom stereocenters. The molecule has 0 bridgehead atoms. The maximum Gasteiger partial charge on any atom is 0.0820 e. The van der Waals surface area contributed by atoms with Gasteiger partial charge in [-0.05, 0) is 19.0 Å². The predicted octanol–water partition coefficient (Wildman–Crippen LogP) is 0.783. The van der Waals surface area contributed by atoms with Crippen molar-refractivity contribution < 1.29 is 5.11 Å². The molecule has 0 spiro atoms. The maximum atomic E-state index is 10.2. The van der Waals surface area contributed by atoms with Gasteiger partial charge in [0.2, 0.25) is 0 Å². The van der Waals surface area contributed by atoms with Gasteiger partial charge >= 0.3 is 0 Å². The Morgan fingerprint density at radius 2 is 2.00 bits per heavy atom. The van der Waals surface area contributed by atoms with E-state index >= 15 is 0 Å². The summed E-state index contributed by atoms with van der Waals surface area (Å²) >= 11 is 0. The number of hydrogen-bond acceptors (Lipinski definition) is 4. The fourth-order valence-electron chi connectivity index (χ4n) is 2.41. The molecule has 1 aromatic heterocycles. The van der Waals surface area contributed by atoms with Crippen molar-refractivity contribution in [3.05, 3.63) is 53.9 Å². The summed E-state index contributed by atoms with van der Waals surface area (Å²) in [4.78, 5) is 2.06. The second-order valence-corrected chi connectivity index (χ2v) is 5.64. The molecule has 2 aromatic rings. The Morgan fingerprint density at radius 1 is 1.29 bits per heavy atom. The highest BCUT2D eigenvalue weighted by Gasteiger charge is 2.17. The normalized spacial score (nSPS) is 14.3. The van der Waals surface area contributed by atoms with Crippen molar-refractivity contribution in [3.8, 4) is 0 Å². The van der Waals surface area contributed by atoms with Gasteiger partial charge in [-0.15, -0.1) is 0 Å². The summed E-state index contributed by atoms with van der Waals surface area (Å²) in [6, 6.07) is 9.76. The Balaban J connectivity index is 1.81. The highest BCUT2D eigenvalue weighted by molar-refractivity contribution is 5.16. The summed E-state index contributed by atoms with van der Waals surface area (Å²) in [5, 5.41) is 14.4. The SMILES string of the molecule is CN(Cc1cnn(C)c1)CC(O)C(N)Cc1ccccc1. The smallest absolute Gasteiger partial charge is 0.0820 e. The van der Waals surface area contributed by atoms with Crippen LogP contribution in [0.3, 0.4) is 0 Å². The molecular weight excluding hydrogens is 264 g/mol. The van der Waals surface area contributed by atoms with Crippen molar-refractivity contribution in [2.24, 2.45) is 12.8 Å². The van der Waals surface area contributed by atoms with Crippen LogP contribution in [0.4, 0.5) is 0 Å². The van der Waals surface area contributed by atoms with Crippen LogP contribution in [0, 0.1) is 0 Å². The number of hydrogen-bond donors (Lipinski definition) is 2. The average Bonchev–Trinajstić information content (AvgIpc) is 2.84. The highest BCUT2D eigenvalue weighted by atomic mass is 16.3. The van der Waals surface area contributed by atoms with Gasteiger partial charge in [0.1, 0.15) is 0 Å². The van der Waals surface area contributed by atoms with E-state index in [2.05, 4.69) is 10.00 Å². The molecule has 0 aliphatic heterocycles. The van der Waals surface area contributed by atoms with Crippen LogP contribution >= 0.6 is 0 Å². The van der Waals surface area contributed by atoms with Crippen LogP contribution in [0.1, 0.15) is 11.1 Å². The lowest BCUT2D eigenvalue weighted by molar-refractivity contribution is 0.0992. The number of aliphatic hydroxyl groups is 1. The molecule has 0 saturated carbocycles. The molecule has 114 valence electrons. The minimum atomic E-state index is -0.549. The topological polar surface area (TPSA) is 67.3 Å². The van der Waals surface area contributed by atoms with Gasteiger partial charge in [0.25, 0.3) is 0 Å². The largest absolute Gasteiger partial charge is 0.390 e. The van der Waals surface area contributed by atoms with Crippen LogP contribution in [0.5, 0.6) is 0 Å². The number of aromatic nitrogens is 2. The minimum absolute atomic E-state index is 0.260. The van der Waals surface area contributed by atoms with E-state index < -0.39 is 6.10 Å². The van der Waals surface area contributed by atoms with E-state index in [0.717, 1.165) is 17.7 Å². The molecular formula is C16H24N4O. The van der Waals surface area contributed by atoms with Crippen LogP contribution in [0.25, 0.3) is 0 Å². The summed E-state index contributed by atoms with van der Waals surface area (Å²) in [5.41, 5.74) is 8.38. The second-order valence-electron chi connectivity index (χ2n) is 5.64. The number of nitrogens with two attached hydrogens (primary N) is 1. The van der Waals surface area contributed by atoms with E-state index in [-0.39, 0.29) is 6.04 Å². The molecule has 0 aliphatic carbocycles. The molecule has 3 N–H and O–H groups in total. The van der Waals surface area contributed by atoms with E-state index in [0.29, 0.717) is 13.0 Å². The fraction of sp³-hybridized carbons (Fsp3) is 0.438. The van der Waals surface area contributed by atoms with Gasteiger partial charge in [-0.3, -0.25) is 9.58 Å². The molecule has 1 aromatic carbocycles. The van der Waals surface area contributed by atoms with Crippen molar-refractivity contribution in [1.82, 2.24) is 14.7 Å². The number of likely N-dealkylation sites (N-methyl/N-ethyl adjacent to an activating group) is 1. The van der Waals surface area contributed by atoms with Crippen LogP contribution in [0.2, 0.25) is 0 Å². The van der Waals surface area contributed by atoms with Gasteiger partial charge in [0.05, 0.1) is 12.3 Å². The summed E-state index contributed by atoms with van der Waals surface area (Å²) in [6.07, 6.45) is 3.95. The van der Waals surface area contributed by atoms with E-state index in [9.17, 15) is 5.11 Å². The number of nitrogens with zero attached hydrogens (tertiary/aromatic N) is 3. The van der Waals surface area contributed by atoms with Crippen molar-refractivity contribution in [1.29, 1.82) is 0 Å². The molecule has 5 heteroatoms. The summed E-state index contributed by atoms with van der Waals surface area (Å²) < 4.78 is 1.78. The van der Waals surface area contributed by atoms with Crippen LogP contribution < -0.4 is 5.73 Å². The number of benzene rings is 1. The fourth-order valence-corrected chi connectivity index (χ4v) is 2.41. The van der Waals surface area contributed by atoms with Gasteiger partial charge in [-0.25, -0.2) is 0 Å². The zero-order valence-electron chi connectivity index (χ0n) is 12.7. The Bertz CT molecular complexity index is 540. The maximum absolute atomic E-state index is 10.2. The third-order valence-corrected chi connectivity index (χ3v) is 3.52. The molecule has 0 radical (unpaired) electrons. The Labute approximate surface area is 126 Å². The summed E-state index contributed by atoms with van der Waals surface area (Å²) in [6.45, 7) is 1.30. The zero-order valence-corrected chi connectivity index (χ0v) is 12.7. The highest BCUT2D eigenvalue weighted by Crippen LogP contribution is 2.07. The van der Waals surface area contributed by atoms with Crippen molar-refractivity contribution >= 4 is 0 Å². The van der Waals surface area contributed by atoms with Crippen molar-refractivity contribution in [2.45, 2.75) is 25.1 Å². The molecule has 0 saturated heterocycles. The van der Waals surface area contributed by atoms with Crippen molar-refractivity contribution in [3.63, 3.8) is 0 Å².